The first kappa shape index (κ1) is 24.4. The minimum absolute atomic E-state index is 0.00678. The van der Waals surface area contributed by atoms with Gasteiger partial charge in [-0.05, 0) is 31.6 Å². The van der Waals surface area contributed by atoms with Crippen molar-refractivity contribution in [3.8, 4) is 0 Å². The number of aliphatic imine (C=N–C) groups is 1. The zero-order valence-corrected chi connectivity index (χ0v) is 19.9. The molecular formula is C22H42N6O2. The second-order valence-electron chi connectivity index (χ2n) is 9.39. The van der Waals surface area contributed by atoms with E-state index in [0.717, 1.165) is 51.6 Å². The molecule has 0 aromatic heterocycles. The summed E-state index contributed by atoms with van der Waals surface area (Å²) in [5.41, 5.74) is 0. The molecule has 0 bridgehead atoms. The Hall–Kier alpha value is -1.83. The third-order valence-corrected chi connectivity index (χ3v) is 6.10. The first-order valence-electron chi connectivity index (χ1n) is 11.5. The number of carbonyl (C=O) groups is 2. The largest absolute Gasteiger partial charge is 0.354 e. The highest BCUT2D eigenvalue weighted by molar-refractivity contribution is 5.85. The number of likely N-dealkylation sites (tertiary alicyclic amines) is 1. The summed E-state index contributed by atoms with van der Waals surface area (Å²) in [5, 5.41) is 3.46. The van der Waals surface area contributed by atoms with Gasteiger partial charge in [-0.2, -0.15) is 0 Å². The molecule has 8 heteroatoms. The maximum Gasteiger partial charge on any atom is 0.243 e. The van der Waals surface area contributed by atoms with Crippen molar-refractivity contribution >= 4 is 17.8 Å². The lowest BCUT2D eigenvalue weighted by molar-refractivity contribution is -0.135. The Balaban J connectivity index is 1.89. The second-order valence-corrected chi connectivity index (χ2v) is 9.39. The summed E-state index contributed by atoms with van der Waals surface area (Å²) in [7, 11) is 3.50. The summed E-state index contributed by atoms with van der Waals surface area (Å²) < 4.78 is 0. The molecule has 2 aliphatic rings. The van der Waals surface area contributed by atoms with E-state index >= 15 is 0 Å². The molecular weight excluding hydrogens is 380 g/mol. The molecule has 0 spiro atoms. The number of guanidine groups is 1. The quantitative estimate of drug-likeness (QED) is 0.510. The van der Waals surface area contributed by atoms with E-state index in [0.29, 0.717) is 24.4 Å². The number of hydrogen-bond acceptors (Lipinski definition) is 4. The van der Waals surface area contributed by atoms with Gasteiger partial charge >= 0.3 is 0 Å². The number of nitrogens with zero attached hydrogens (tertiary/aromatic N) is 5. The lowest BCUT2D eigenvalue weighted by Crippen LogP contribution is -2.56. The van der Waals surface area contributed by atoms with Gasteiger partial charge in [0, 0.05) is 59.4 Å². The second kappa shape index (κ2) is 11.5. The molecule has 0 aliphatic carbocycles. The van der Waals surface area contributed by atoms with Crippen LogP contribution in [-0.4, -0.2) is 110 Å². The van der Waals surface area contributed by atoms with Crippen LogP contribution < -0.4 is 5.32 Å². The Morgan fingerprint density at radius 3 is 2.20 bits per heavy atom. The smallest absolute Gasteiger partial charge is 0.243 e. The highest BCUT2D eigenvalue weighted by Gasteiger charge is 2.28. The molecule has 0 saturated carbocycles. The Kier molecular flexibility index (Phi) is 9.39. The third kappa shape index (κ3) is 7.45. The van der Waals surface area contributed by atoms with Crippen molar-refractivity contribution in [2.24, 2.45) is 16.8 Å². The molecule has 2 aliphatic heterocycles. The Morgan fingerprint density at radius 2 is 1.67 bits per heavy atom. The number of hydrogen-bond donors (Lipinski definition) is 1. The summed E-state index contributed by atoms with van der Waals surface area (Å²) in [6.45, 7) is 14.4. The molecule has 3 unspecified atom stereocenters. The van der Waals surface area contributed by atoms with Crippen molar-refractivity contribution in [3.05, 3.63) is 0 Å². The molecule has 0 aromatic carbocycles. The van der Waals surface area contributed by atoms with E-state index in [2.05, 4.69) is 52.7 Å². The van der Waals surface area contributed by atoms with Crippen LogP contribution in [0.15, 0.2) is 4.99 Å². The monoisotopic (exact) mass is 422 g/mol. The van der Waals surface area contributed by atoms with Crippen LogP contribution in [0.25, 0.3) is 0 Å². The normalized spacial score (nSPS) is 24.5. The fraction of sp³-hybridized carbons (Fsp3) is 0.864. The van der Waals surface area contributed by atoms with Gasteiger partial charge in [0.15, 0.2) is 5.96 Å². The molecule has 3 atom stereocenters. The van der Waals surface area contributed by atoms with Gasteiger partial charge in [-0.15, -0.1) is 0 Å². The maximum absolute atomic E-state index is 12.8. The molecule has 2 heterocycles. The highest BCUT2D eigenvalue weighted by Crippen LogP contribution is 2.21. The van der Waals surface area contributed by atoms with E-state index in [1.165, 1.54) is 6.42 Å². The number of carbonyl (C=O) groups excluding carboxylic acids is 2. The lowest BCUT2D eigenvalue weighted by Gasteiger charge is -2.39. The van der Waals surface area contributed by atoms with Crippen LogP contribution in [0.3, 0.4) is 0 Å². The van der Waals surface area contributed by atoms with Crippen molar-refractivity contribution in [1.82, 2.24) is 24.9 Å². The Labute approximate surface area is 182 Å². The van der Waals surface area contributed by atoms with Gasteiger partial charge < -0.3 is 20.0 Å². The Bertz CT molecular complexity index is 590. The van der Waals surface area contributed by atoms with Gasteiger partial charge in [-0.3, -0.25) is 14.5 Å². The van der Waals surface area contributed by atoms with Crippen molar-refractivity contribution in [1.29, 1.82) is 0 Å². The van der Waals surface area contributed by atoms with E-state index < -0.39 is 0 Å². The van der Waals surface area contributed by atoms with Gasteiger partial charge in [-0.1, -0.05) is 20.8 Å². The zero-order valence-electron chi connectivity index (χ0n) is 19.9. The predicted molar refractivity (Wildman–Crippen MR) is 121 cm³/mol. The van der Waals surface area contributed by atoms with E-state index in [4.69, 9.17) is 0 Å². The van der Waals surface area contributed by atoms with Gasteiger partial charge in [0.1, 0.15) is 6.54 Å². The molecule has 0 radical (unpaired) electrons. The third-order valence-electron chi connectivity index (χ3n) is 6.10. The van der Waals surface area contributed by atoms with Gasteiger partial charge in [-0.25, -0.2) is 4.99 Å². The molecule has 172 valence electrons. The molecule has 30 heavy (non-hydrogen) atoms. The number of nitrogens with one attached hydrogen (secondary N) is 1. The lowest BCUT2D eigenvalue weighted by atomic mass is 9.92. The van der Waals surface area contributed by atoms with E-state index in [9.17, 15) is 9.59 Å². The standard InChI is InChI=1S/C22H42N6O2/c1-7-19(4)24-22(23-13-20(29)25(5)6)27-10-8-26(9-11-27)16-21(30)28-14-17(2)12-18(3)15-28/h17-19H,7-16H2,1-6H3,(H,23,24). The SMILES string of the molecule is CCC(C)NC(=NCC(=O)N(C)C)N1CCN(CC(=O)N2CC(C)CC(C)C2)CC1. The predicted octanol–water partition coefficient (Wildman–Crippen LogP) is 0.941. The first-order valence-corrected chi connectivity index (χ1v) is 11.5. The fourth-order valence-corrected chi connectivity index (χ4v) is 4.12. The first-order chi connectivity index (χ1) is 14.2. The maximum atomic E-state index is 12.8. The average Bonchev–Trinajstić information content (AvgIpc) is 2.70. The average molecular weight is 423 g/mol. The van der Waals surface area contributed by atoms with Gasteiger partial charge in [0.25, 0.3) is 0 Å². The minimum atomic E-state index is -0.00678. The number of piperazine rings is 1. The van der Waals surface area contributed by atoms with Gasteiger partial charge in [0.05, 0.1) is 6.54 Å². The van der Waals surface area contributed by atoms with Crippen molar-refractivity contribution in [2.75, 3.05) is 66.5 Å². The van der Waals surface area contributed by atoms with E-state index in [1.54, 1.807) is 19.0 Å². The molecule has 1 N–H and O–H groups in total. The van der Waals surface area contributed by atoms with Gasteiger partial charge in [0.2, 0.25) is 11.8 Å². The van der Waals surface area contributed by atoms with Crippen LogP contribution in [0.2, 0.25) is 0 Å². The summed E-state index contributed by atoms with van der Waals surface area (Å²) in [4.78, 5) is 37.4. The Morgan fingerprint density at radius 1 is 1.07 bits per heavy atom. The van der Waals surface area contributed by atoms with Crippen molar-refractivity contribution < 1.29 is 9.59 Å². The molecule has 2 fully saturated rings. The van der Waals surface area contributed by atoms with E-state index in [-0.39, 0.29) is 18.4 Å². The molecule has 2 rings (SSSR count). The molecule has 0 aromatic rings. The summed E-state index contributed by atoms with van der Waals surface area (Å²) in [6, 6.07) is 0.292. The number of rotatable bonds is 6. The summed E-state index contributed by atoms with van der Waals surface area (Å²) in [5.74, 6) is 2.22. The van der Waals surface area contributed by atoms with Crippen LogP contribution in [-0.2, 0) is 9.59 Å². The topological polar surface area (TPSA) is 71.5 Å². The summed E-state index contributed by atoms with van der Waals surface area (Å²) >= 11 is 0. The molecule has 2 saturated heterocycles. The fourth-order valence-electron chi connectivity index (χ4n) is 4.12. The van der Waals surface area contributed by atoms with Crippen LogP contribution in [0.1, 0.15) is 40.5 Å². The van der Waals surface area contributed by atoms with Crippen molar-refractivity contribution in [2.45, 2.75) is 46.6 Å². The number of likely N-dealkylation sites (N-methyl/N-ethyl adjacent to an activating group) is 1. The molecule has 8 nitrogen and oxygen atoms in total. The van der Waals surface area contributed by atoms with Crippen LogP contribution >= 0.6 is 0 Å². The van der Waals surface area contributed by atoms with Crippen molar-refractivity contribution in [3.63, 3.8) is 0 Å². The van der Waals surface area contributed by atoms with Crippen LogP contribution in [0.5, 0.6) is 0 Å². The molecule has 2 amide bonds. The zero-order chi connectivity index (χ0) is 22.3. The number of amides is 2. The number of piperidine rings is 1. The van der Waals surface area contributed by atoms with Crippen LogP contribution in [0.4, 0.5) is 0 Å². The minimum Gasteiger partial charge on any atom is -0.354 e. The van der Waals surface area contributed by atoms with E-state index in [1.807, 2.05) is 0 Å². The highest BCUT2D eigenvalue weighted by atomic mass is 16.2. The summed E-state index contributed by atoms with van der Waals surface area (Å²) in [6.07, 6.45) is 2.20. The van der Waals surface area contributed by atoms with Crippen LogP contribution in [0, 0.1) is 11.8 Å².